The van der Waals surface area contributed by atoms with Crippen LogP contribution in [-0.4, -0.2) is 47.3 Å². The van der Waals surface area contributed by atoms with Gasteiger partial charge >= 0.3 is 0 Å². The number of aliphatic hydroxyl groups excluding tert-OH is 1. The largest absolute Gasteiger partial charge is 0.691 e. The van der Waals surface area contributed by atoms with Crippen molar-refractivity contribution < 1.29 is 29.0 Å². The van der Waals surface area contributed by atoms with Crippen LogP contribution in [0.3, 0.4) is 0 Å². The number of hydrogen-bond acceptors (Lipinski definition) is 7. The number of allylic oxidation sites excluding steroid dienone is 1. The van der Waals surface area contributed by atoms with Gasteiger partial charge in [-0.25, -0.2) is 0 Å². The Morgan fingerprint density at radius 1 is 1.08 bits per heavy atom. The van der Waals surface area contributed by atoms with Crippen LogP contribution in [0.2, 0.25) is 0 Å². The number of fused-ring (bicyclic) bond motifs is 8. The highest BCUT2D eigenvalue weighted by Crippen LogP contribution is 2.54. The fourth-order valence-corrected chi connectivity index (χ4v) is 8.10. The van der Waals surface area contributed by atoms with Crippen LogP contribution in [0.5, 0.6) is 0 Å². The quantitative estimate of drug-likeness (QED) is 0.258. The van der Waals surface area contributed by atoms with E-state index in [1.165, 1.54) is 50.6 Å². The van der Waals surface area contributed by atoms with E-state index >= 15 is 0 Å². The fourth-order valence-electron chi connectivity index (χ4n) is 7.71. The minimum Gasteiger partial charge on any atom is -0.691 e. The second-order valence-electron chi connectivity index (χ2n) is 12.2. The minimum atomic E-state index is -0.238. The van der Waals surface area contributed by atoms with E-state index in [2.05, 4.69) is 83.0 Å². The van der Waals surface area contributed by atoms with Crippen LogP contribution in [0.15, 0.2) is 64.2 Å². The lowest BCUT2D eigenvalue weighted by Crippen LogP contribution is -2.47. The van der Waals surface area contributed by atoms with Crippen molar-refractivity contribution in [1.29, 1.82) is 0 Å². The van der Waals surface area contributed by atoms with Crippen LogP contribution in [0.4, 0.5) is 11.4 Å². The zero-order chi connectivity index (χ0) is 27.1. The van der Waals surface area contributed by atoms with Crippen LogP contribution in [0.1, 0.15) is 57.2 Å². The number of benzene rings is 2. The zero-order valence-corrected chi connectivity index (χ0v) is 23.6. The summed E-state index contributed by atoms with van der Waals surface area (Å²) in [6.45, 7) is 11.2. The van der Waals surface area contributed by atoms with Gasteiger partial charge in [0.1, 0.15) is 0 Å². The number of ether oxygens (including phenoxy) is 1. The molecule has 2 aromatic carbocycles. The predicted octanol–water partition coefficient (Wildman–Crippen LogP) is 4.38. The van der Waals surface area contributed by atoms with E-state index in [1.54, 1.807) is 0 Å². The van der Waals surface area contributed by atoms with Crippen molar-refractivity contribution in [3.05, 3.63) is 76.0 Å². The smallest absolute Gasteiger partial charge is 0.209 e. The summed E-state index contributed by atoms with van der Waals surface area (Å²) in [5.41, 5.74) is 11.0. The Hall–Kier alpha value is -2.46. The Morgan fingerprint density at radius 2 is 1.92 bits per heavy atom. The summed E-state index contributed by atoms with van der Waals surface area (Å²) in [6.07, 6.45) is 5.24. The number of rotatable bonds is 5. The Morgan fingerprint density at radius 3 is 2.72 bits per heavy atom. The molecule has 0 amide bonds. The first-order valence-electron chi connectivity index (χ1n) is 13.8. The number of anilines is 1. The van der Waals surface area contributed by atoms with Gasteiger partial charge in [-0.15, -0.1) is 0 Å². The molecule has 0 radical (unpaired) electrons. The monoisotopic (exact) mass is 546 g/mol. The van der Waals surface area contributed by atoms with Crippen LogP contribution in [0.25, 0.3) is 0 Å². The summed E-state index contributed by atoms with van der Waals surface area (Å²) in [6, 6.07) is 12.9. The molecular formula is C31H34N2O5S. The molecule has 5 aliphatic heterocycles. The molecule has 8 heteroatoms. The standard InChI is InChI=1S/C31H34N2O5S/c1-30(2)22-15-18(11-14-34)5-7-24(22)32-12-9-26-20(28(30)32)17-21-27(36-26)10-13-33-25-8-6-19(39-38-37-35)16-23(25)31(3,4)29(21)33/h5-8,15-17,26-27,34H,9-14H2,1-4H3. The van der Waals surface area contributed by atoms with E-state index < -0.39 is 0 Å². The van der Waals surface area contributed by atoms with Crippen molar-refractivity contribution in [2.75, 3.05) is 24.6 Å². The normalized spacial score (nSPS) is 25.5. The second kappa shape index (κ2) is 9.03. The molecule has 204 valence electrons. The van der Waals surface area contributed by atoms with Gasteiger partial charge in [0.2, 0.25) is 5.69 Å². The van der Waals surface area contributed by atoms with Crippen LogP contribution in [0, 0.1) is 0 Å². The molecule has 1 N–H and O–H groups in total. The lowest BCUT2D eigenvalue weighted by atomic mass is 9.74. The van der Waals surface area contributed by atoms with Gasteiger partial charge in [-0.2, -0.15) is 8.91 Å². The van der Waals surface area contributed by atoms with Crippen LogP contribution in [-0.2, 0) is 31.4 Å². The third kappa shape index (κ3) is 3.66. The van der Waals surface area contributed by atoms with Gasteiger partial charge in [-0.3, -0.25) is 5.04 Å². The molecule has 0 aliphatic carbocycles. The molecular weight excluding hydrogens is 512 g/mol. The average molecular weight is 547 g/mol. The van der Waals surface area contributed by atoms with Crippen molar-refractivity contribution in [3.63, 3.8) is 0 Å². The van der Waals surface area contributed by atoms with E-state index in [0.717, 1.165) is 42.9 Å². The Kier molecular flexibility index (Phi) is 5.90. The maximum absolute atomic E-state index is 10.4. The zero-order valence-electron chi connectivity index (χ0n) is 22.8. The SMILES string of the molecule is CC1(C)C2=C3C=C4C5=[N+](CCC4OC3CCN2c2ccc(CCO)cc21)c1ccc(SOO[O-])cc1C5(C)C. The molecule has 2 aromatic rings. The van der Waals surface area contributed by atoms with Crippen molar-refractivity contribution in [3.8, 4) is 0 Å². The van der Waals surface area contributed by atoms with Gasteiger partial charge in [0, 0.05) is 64.0 Å². The summed E-state index contributed by atoms with van der Waals surface area (Å²) < 4.78 is 14.0. The number of nitrogens with zero attached hydrogens (tertiary/aromatic N) is 2. The maximum Gasteiger partial charge on any atom is 0.209 e. The summed E-state index contributed by atoms with van der Waals surface area (Å²) in [5, 5.41) is 23.5. The van der Waals surface area contributed by atoms with E-state index in [9.17, 15) is 10.4 Å². The van der Waals surface area contributed by atoms with Gasteiger partial charge in [0.15, 0.2) is 12.3 Å². The lowest BCUT2D eigenvalue weighted by Gasteiger charge is -2.42. The molecule has 5 aliphatic rings. The topological polar surface area (TPSA) is 77.2 Å². The first-order chi connectivity index (χ1) is 18.8. The number of aliphatic hydroxyl groups is 1. The maximum atomic E-state index is 10.4. The summed E-state index contributed by atoms with van der Waals surface area (Å²) in [4.78, 5) is 3.34. The highest BCUT2D eigenvalue weighted by atomic mass is 32.2. The Balaban J connectivity index is 1.35. The van der Waals surface area contributed by atoms with Gasteiger partial charge in [0.05, 0.1) is 29.7 Å². The number of hydrogen-bond donors (Lipinski definition) is 1. The third-order valence-corrected chi connectivity index (χ3v) is 9.92. The molecule has 0 spiro atoms. The van der Waals surface area contributed by atoms with E-state index in [0.29, 0.717) is 6.42 Å². The van der Waals surface area contributed by atoms with Gasteiger partial charge in [0.25, 0.3) is 0 Å². The molecule has 5 heterocycles. The highest BCUT2D eigenvalue weighted by Gasteiger charge is 2.54. The Labute approximate surface area is 233 Å². The molecule has 7 rings (SSSR count). The molecule has 0 saturated heterocycles. The van der Waals surface area contributed by atoms with Crippen LogP contribution < -0.4 is 10.2 Å². The Bertz CT molecular complexity index is 1470. The molecule has 2 atom stereocenters. The first-order valence-corrected chi connectivity index (χ1v) is 14.6. The average Bonchev–Trinajstić information content (AvgIpc) is 3.30. The van der Waals surface area contributed by atoms with E-state index in [1.807, 2.05) is 6.07 Å². The first kappa shape index (κ1) is 25.5. The van der Waals surface area contributed by atoms with Crippen molar-refractivity contribution in [2.45, 2.75) is 74.9 Å². The summed E-state index contributed by atoms with van der Waals surface area (Å²) >= 11 is 0.938. The molecule has 2 unspecified atom stereocenters. The lowest BCUT2D eigenvalue weighted by molar-refractivity contribution is -0.777. The van der Waals surface area contributed by atoms with Gasteiger partial charge < -0.3 is 20.0 Å². The summed E-state index contributed by atoms with van der Waals surface area (Å²) in [7, 11) is 0. The fraction of sp³-hybridized carbons (Fsp3) is 0.452. The van der Waals surface area contributed by atoms with Crippen LogP contribution >= 0.6 is 12.0 Å². The molecule has 0 aromatic heterocycles. The van der Waals surface area contributed by atoms with E-state index in [-0.39, 0.29) is 29.6 Å². The van der Waals surface area contributed by atoms with Crippen molar-refractivity contribution in [1.82, 2.24) is 0 Å². The second-order valence-corrected chi connectivity index (χ2v) is 13.0. The van der Waals surface area contributed by atoms with E-state index in [4.69, 9.17) is 4.74 Å². The summed E-state index contributed by atoms with van der Waals surface area (Å²) in [5.74, 6) is 0. The molecule has 0 bridgehead atoms. The van der Waals surface area contributed by atoms with Gasteiger partial charge in [-0.05, 0) is 62.1 Å². The van der Waals surface area contributed by atoms with Crippen molar-refractivity contribution >= 4 is 29.1 Å². The third-order valence-electron chi connectivity index (χ3n) is 9.35. The van der Waals surface area contributed by atoms with Gasteiger partial charge in [-0.1, -0.05) is 26.0 Å². The predicted molar refractivity (Wildman–Crippen MR) is 148 cm³/mol. The molecule has 0 saturated carbocycles. The molecule has 7 nitrogen and oxygen atoms in total. The minimum absolute atomic E-state index is 0.0832. The van der Waals surface area contributed by atoms with Crippen molar-refractivity contribution in [2.24, 2.45) is 0 Å². The molecule has 0 fully saturated rings. The molecule has 39 heavy (non-hydrogen) atoms. The highest BCUT2D eigenvalue weighted by molar-refractivity contribution is 7.94.